The van der Waals surface area contributed by atoms with E-state index in [0.717, 1.165) is 25.7 Å². The van der Waals surface area contributed by atoms with Gasteiger partial charge in [0.1, 0.15) is 13.2 Å². The molecule has 0 rings (SSSR count). The normalized spacial score (nSPS) is 11.4. The van der Waals surface area contributed by atoms with Gasteiger partial charge < -0.3 is 20.9 Å². The van der Waals surface area contributed by atoms with Gasteiger partial charge in [0.2, 0.25) is 0 Å². The Labute approximate surface area is 114 Å². The van der Waals surface area contributed by atoms with E-state index in [-0.39, 0.29) is 13.2 Å². The largest absolute Gasteiger partial charge is 0.449 e. The Bertz CT molecular complexity index is 274. The van der Waals surface area contributed by atoms with Crippen molar-refractivity contribution in [3.8, 4) is 0 Å². The van der Waals surface area contributed by atoms with Crippen LogP contribution in [0.3, 0.4) is 0 Å². The predicted molar refractivity (Wildman–Crippen MR) is 72.5 cm³/mol. The zero-order valence-electron chi connectivity index (χ0n) is 12.1. The summed E-state index contributed by atoms with van der Waals surface area (Å²) in [4.78, 5) is 21.6. The van der Waals surface area contributed by atoms with Crippen LogP contribution in [-0.2, 0) is 9.47 Å². The maximum Gasteiger partial charge on any atom is 0.404 e. The SMILES string of the molecule is CCCCC(COC(N)=O)(COC(N)=O)CC(C)C. The van der Waals surface area contributed by atoms with Gasteiger partial charge >= 0.3 is 12.2 Å². The lowest BCUT2D eigenvalue weighted by Crippen LogP contribution is -2.37. The van der Waals surface area contributed by atoms with E-state index < -0.39 is 17.6 Å². The van der Waals surface area contributed by atoms with E-state index in [4.69, 9.17) is 20.9 Å². The van der Waals surface area contributed by atoms with Gasteiger partial charge in [-0.3, -0.25) is 0 Å². The number of hydrogen-bond donors (Lipinski definition) is 2. The first kappa shape index (κ1) is 17.5. The lowest BCUT2D eigenvalue weighted by atomic mass is 9.77. The molecule has 0 atom stereocenters. The molecule has 0 saturated carbocycles. The van der Waals surface area contributed by atoms with Crippen LogP contribution in [0.5, 0.6) is 0 Å². The molecule has 0 aromatic carbocycles. The highest BCUT2D eigenvalue weighted by atomic mass is 16.6. The first-order valence-electron chi connectivity index (χ1n) is 6.66. The van der Waals surface area contributed by atoms with Gasteiger partial charge in [-0.05, 0) is 18.8 Å². The van der Waals surface area contributed by atoms with Crippen molar-refractivity contribution in [2.24, 2.45) is 22.8 Å². The molecule has 112 valence electrons. The van der Waals surface area contributed by atoms with E-state index >= 15 is 0 Å². The third-order valence-electron chi connectivity index (χ3n) is 2.94. The van der Waals surface area contributed by atoms with Crippen molar-refractivity contribution in [1.82, 2.24) is 0 Å². The Kier molecular flexibility index (Phi) is 7.95. The summed E-state index contributed by atoms with van der Waals surface area (Å²) < 4.78 is 9.89. The van der Waals surface area contributed by atoms with Gasteiger partial charge in [-0.1, -0.05) is 33.6 Å². The smallest absolute Gasteiger partial charge is 0.404 e. The number of ether oxygens (including phenoxy) is 2. The van der Waals surface area contributed by atoms with Crippen LogP contribution in [0, 0.1) is 11.3 Å². The number of carbonyl (C=O) groups is 2. The Balaban J connectivity index is 4.82. The van der Waals surface area contributed by atoms with Crippen molar-refractivity contribution in [3.63, 3.8) is 0 Å². The number of primary amides is 2. The van der Waals surface area contributed by atoms with Crippen LogP contribution in [-0.4, -0.2) is 25.4 Å². The molecule has 19 heavy (non-hydrogen) atoms. The Morgan fingerprint density at radius 2 is 1.58 bits per heavy atom. The highest BCUT2D eigenvalue weighted by molar-refractivity contribution is 5.65. The maximum atomic E-state index is 10.8. The van der Waals surface area contributed by atoms with E-state index in [1.54, 1.807) is 0 Å². The van der Waals surface area contributed by atoms with Crippen molar-refractivity contribution in [2.45, 2.75) is 46.5 Å². The van der Waals surface area contributed by atoms with Gasteiger partial charge in [-0.15, -0.1) is 0 Å². The Morgan fingerprint density at radius 3 is 1.89 bits per heavy atom. The third-order valence-corrected chi connectivity index (χ3v) is 2.94. The third kappa shape index (κ3) is 8.29. The van der Waals surface area contributed by atoms with E-state index in [9.17, 15) is 9.59 Å². The summed E-state index contributed by atoms with van der Waals surface area (Å²) in [5.74, 6) is 0.379. The van der Waals surface area contributed by atoms with Crippen LogP contribution >= 0.6 is 0 Å². The van der Waals surface area contributed by atoms with Crippen molar-refractivity contribution in [1.29, 1.82) is 0 Å². The monoisotopic (exact) mass is 274 g/mol. The minimum absolute atomic E-state index is 0.147. The Hall–Kier alpha value is -1.46. The average Bonchev–Trinajstić information content (AvgIpc) is 2.30. The molecule has 0 aliphatic heterocycles. The fraction of sp³-hybridized carbons (Fsp3) is 0.846. The van der Waals surface area contributed by atoms with Crippen molar-refractivity contribution in [2.75, 3.05) is 13.2 Å². The molecule has 0 aliphatic rings. The molecule has 0 spiro atoms. The minimum atomic E-state index is -0.816. The van der Waals surface area contributed by atoms with Gasteiger partial charge in [0, 0.05) is 5.41 Å². The van der Waals surface area contributed by atoms with Gasteiger partial charge in [0.15, 0.2) is 0 Å². The van der Waals surface area contributed by atoms with Crippen LogP contribution in [0.1, 0.15) is 46.5 Å². The molecule has 6 nitrogen and oxygen atoms in total. The van der Waals surface area contributed by atoms with E-state index in [1.807, 2.05) is 0 Å². The van der Waals surface area contributed by atoms with Crippen LogP contribution in [0.25, 0.3) is 0 Å². The Morgan fingerprint density at radius 1 is 1.11 bits per heavy atom. The summed E-state index contributed by atoms with van der Waals surface area (Å²) in [5.41, 5.74) is 9.63. The van der Waals surface area contributed by atoms with E-state index in [0.29, 0.717) is 5.92 Å². The molecule has 4 N–H and O–H groups in total. The van der Waals surface area contributed by atoms with Crippen LogP contribution in [0.15, 0.2) is 0 Å². The molecule has 0 bridgehead atoms. The van der Waals surface area contributed by atoms with Crippen LogP contribution in [0.2, 0.25) is 0 Å². The number of amides is 2. The second-order valence-electron chi connectivity index (χ2n) is 5.42. The molecule has 2 amide bonds. The molecular formula is C13H26N2O4. The molecule has 0 heterocycles. The average molecular weight is 274 g/mol. The number of rotatable bonds is 9. The molecule has 0 radical (unpaired) electrons. The summed E-state index contributed by atoms with van der Waals surface area (Å²) >= 11 is 0. The molecule has 0 fully saturated rings. The van der Waals surface area contributed by atoms with Crippen molar-refractivity contribution >= 4 is 12.2 Å². The van der Waals surface area contributed by atoms with Gasteiger partial charge in [0.05, 0.1) is 0 Å². The number of unbranched alkanes of at least 4 members (excludes halogenated alkanes) is 1. The summed E-state index contributed by atoms with van der Waals surface area (Å²) in [6, 6.07) is 0. The van der Waals surface area contributed by atoms with E-state index in [2.05, 4.69) is 20.8 Å². The lowest BCUT2D eigenvalue weighted by Gasteiger charge is -2.33. The molecule has 0 aromatic heterocycles. The first-order chi connectivity index (χ1) is 8.81. The molecule has 0 saturated heterocycles. The standard InChI is InChI=1S/C13H26N2O4/c1-4-5-6-13(7-10(2)3,8-18-11(14)16)9-19-12(15)17/h10H,4-9H2,1-3H3,(H2,14,16)(H2,15,17). The second-order valence-corrected chi connectivity index (χ2v) is 5.42. The van der Waals surface area contributed by atoms with Crippen LogP contribution < -0.4 is 11.5 Å². The zero-order valence-corrected chi connectivity index (χ0v) is 12.1. The molecule has 6 heteroatoms. The first-order valence-corrected chi connectivity index (χ1v) is 6.66. The lowest BCUT2D eigenvalue weighted by molar-refractivity contribution is 0.0108. The van der Waals surface area contributed by atoms with Crippen molar-refractivity contribution < 1.29 is 19.1 Å². The predicted octanol–water partition coefficient (Wildman–Crippen LogP) is 2.40. The number of hydrogen-bond acceptors (Lipinski definition) is 4. The van der Waals surface area contributed by atoms with Crippen LogP contribution in [0.4, 0.5) is 9.59 Å². The second kappa shape index (κ2) is 8.61. The molecule has 0 aliphatic carbocycles. The number of carbonyl (C=O) groups excluding carboxylic acids is 2. The highest BCUT2D eigenvalue weighted by Crippen LogP contribution is 2.33. The summed E-state index contributed by atoms with van der Waals surface area (Å²) in [5, 5.41) is 0. The molecule has 0 aromatic rings. The number of nitrogens with two attached hydrogens (primary N) is 2. The minimum Gasteiger partial charge on any atom is -0.449 e. The summed E-state index contributed by atoms with van der Waals surface area (Å²) in [7, 11) is 0. The van der Waals surface area contributed by atoms with Gasteiger partial charge in [-0.25, -0.2) is 9.59 Å². The highest BCUT2D eigenvalue weighted by Gasteiger charge is 2.33. The topological polar surface area (TPSA) is 105 Å². The van der Waals surface area contributed by atoms with Gasteiger partial charge in [-0.2, -0.15) is 0 Å². The molecular weight excluding hydrogens is 248 g/mol. The maximum absolute atomic E-state index is 10.8. The summed E-state index contributed by atoms with van der Waals surface area (Å²) in [6.07, 6.45) is 1.90. The van der Waals surface area contributed by atoms with Crippen molar-refractivity contribution in [3.05, 3.63) is 0 Å². The zero-order chi connectivity index (χ0) is 14.9. The van der Waals surface area contributed by atoms with E-state index in [1.165, 1.54) is 0 Å². The van der Waals surface area contributed by atoms with Gasteiger partial charge in [0.25, 0.3) is 0 Å². The quantitative estimate of drug-likeness (QED) is 0.673. The fourth-order valence-corrected chi connectivity index (χ4v) is 2.27. The molecule has 0 unspecified atom stereocenters. The fourth-order valence-electron chi connectivity index (χ4n) is 2.27. The summed E-state index contributed by atoms with van der Waals surface area (Å²) in [6.45, 7) is 6.50.